The molecule has 1 aromatic carbocycles. The largest absolute Gasteiger partial charge is 0.416 e. The first-order valence-electron chi connectivity index (χ1n) is 8.53. The highest BCUT2D eigenvalue weighted by Gasteiger charge is 2.30. The molecule has 6 nitrogen and oxygen atoms in total. The summed E-state index contributed by atoms with van der Waals surface area (Å²) in [5.41, 5.74) is -0.248. The van der Waals surface area contributed by atoms with Crippen molar-refractivity contribution in [2.24, 2.45) is 0 Å². The van der Waals surface area contributed by atoms with Crippen molar-refractivity contribution in [3.63, 3.8) is 0 Å². The van der Waals surface area contributed by atoms with Crippen LogP contribution in [0.15, 0.2) is 42.7 Å². The van der Waals surface area contributed by atoms with E-state index in [1.54, 1.807) is 0 Å². The van der Waals surface area contributed by atoms with Gasteiger partial charge in [0.25, 0.3) is 11.8 Å². The first kappa shape index (κ1) is 21.4. The number of amides is 2. The molecule has 2 aromatic rings. The summed E-state index contributed by atoms with van der Waals surface area (Å²) >= 11 is 0. The van der Waals surface area contributed by atoms with Gasteiger partial charge in [-0.2, -0.15) is 13.2 Å². The van der Waals surface area contributed by atoms with E-state index >= 15 is 0 Å². The van der Waals surface area contributed by atoms with E-state index in [1.165, 1.54) is 18.5 Å². The molecule has 0 unspecified atom stereocenters. The van der Waals surface area contributed by atoms with Gasteiger partial charge in [0, 0.05) is 24.6 Å². The molecular weight excluding hydrogens is 373 g/mol. The van der Waals surface area contributed by atoms with Crippen molar-refractivity contribution in [1.29, 1.82) is 0 Å². The lowest BCUT2D eigenvalue weighted by molar-refractivity contribution is -0.137. The minimum atomic E-state index is -4.44. The first-order chi connectivity index (χ1) is 13.2. The summed E-state index contributed by atoms with van der Waals surface area (Å²) in [4.78, 5) is 30.3. The van der Waals surface area contributed by atoms with Crippen molar-refractivity contribution < 1.29 is 22.8 Å². The predicted octanol–water partition coefficient (Wildman–Crippen LogP) is 3.03. The van der Waals surface area contributed by atoms with Crippen LogP contribution in [0.4, 0.5) is 18.9 Å². The van der Waals surface area contributed by atoms with Crippen LogP contribution in [0, 0.1) is 0 Å². The maximum Gasteiger partial charge on any atom is 0.416 e. The Bertz CT molecular complexity index is 821. The molecule has 1 aromatic heterocycles. The van der Waals surface area contributed by atoms with Crippen molar-refractivity contribution >= 4 is 17.5 Å². The molecule has 0 fully saturated rings. The summed E-state index contributed by atoms with van der Waals surface area (Å²) in [6, 6.07) is 5.47. The van der Waals surface area contributed by atoms with Gasteiger partial charge in [0.15, 0.2) is 0 Å². The Kier molecular flexibility index (Phi) is 7.11. The number of hydrogen-bond donors (Lipinski definition) is 2. The maximum atomic E-state index is 12.6. The van der Waals surface area contributed by atoms with E-state index in [9.17, 15) is 22.8 Å². The molecule has 28 heavy (non-hydrogen) atoms. The summed E-state index contributed by atoms with van der Waals surface area (Å²) in [5, 5.41) is 5.23. The summed E-state index contributed by atoms with van der Waals surface area (Å²) in [6.45, 7) is 1.31. The number of alkyl halides is 3. The average molecular weight is 394 g/mol. The second-order valence-corrected chi connectivity index (χ2v) is 6.40. The molecule has 2 rings (SSSR count). The highest BCUT2D eigenvalue weighted by Crippen LogP contribution is 2.29. The van der Waals surface area contributed by atoms with Crippen LogP contribution >= 0.6 is 0 Å². The van der Waals surface area contributed by atoms with Crippen LogP contribution in [0.25, 0.3) is 0 Å². The van der Waals surface area contributed by atoms with Crippen LogP contribution in [0.1, 0.15) is 32.7 Å². The van der Waals surface area contributed by atoms with Crippen molar-refractivity contribution in [3.8, 4) is 0 Å². The van der Waals surface area contributed by atoms with Gasteiger partial charge >= 0.3 is 6.18 Å². The molecule has 0 aliphatic rings. The van der Waals surface area contributed by atoms with Gasteiger partial charge in [-0.3, -0.25) is 14.6 Å². The zero-order chi connectivity index (χ0) is 20.7. The number of nitrogens with one attached hydrogen (secondary N) is 2. The van der Waals surface area contributed by atoms with E-state index in [0.29, 0.717) is 6.54 Å². The van der Waals surface area contributed by atoms with Crippen molar-refractivity contribution in [1.82, 2.24) is 15.2 Å². The summed E-state index contributed by atoms with van der Waals surface area (Å²) in [5.74, 6) is -0.926. The van der Waals surface area contributed by atoms with Gasteiger partial charge in [-0.25, -0.2) is 0 Å². The van der Waals surface area contributed by atoms with Gasteiger partial charge in [0.1, 0.15) is 0 Å². The zero-order valence-corrected chi connectivity index (χ0v) is 15.5. The topological polar surface area (TPSA) is 74.3 Å². The summed E-state index contributed by atoms with van der Waals surface area (Å²) in [6.07, 6.45) is -1.04. The minimum Gasteiger partial charge on any atom is -0.352 e. The maximum absolute atomic E-state index is 12.6. The third-order valence-electron chi connectivity index (χ3n) is 3.80. The number of carbonyl (C=O) groups excluding carboxylic acids is 2. The Balaban J connectivity index is 1.98. The quantitative estimate of drug-likeness (QED) is 0.708. The number of halogens is 3. The van der Waals surface area contributed by atoms with Crippen LogP contribution < -0.4 is 10.6 Å². The third kappa shape index (κ3) is 6.34. The van der Waals surface area contributed by atoms with Gasteiger partial charge in [-0.05, 0) is 57.4 Å². The molecule has 150 valence electrons. The van der Waals surface area contributed by atoms with E-state index in [4.69, 9.17) is 0 Å². The molecule has 0 saturated heterocycles. The molecule has 2 amide bonds. The van der Waals surface area contributed by atoms with E-state index < -0.39 is 17.6 Å². The minimum absolute atomic E-state index is 0.126. The Hall–Kier alpha value is -2.94. The molecule has 0 spiro atoms. The molecule has 0 atom stereocenters. The van der Waals surface area contributed by atoms with Crippen LogP contribution in [0.2, 0.25) is 0 Å². The number of rotatable bonds is 7. The number of aromatic nitrogens is 1. The number of anilines is 1. The molecule has 0 saturated carbocycles. The number of nitrogens with zero attached hydrogens (tertiary/aromatic N) is 2. The summed E-state index contributed by atoms with van der Waals surface area (Å²) < 4.78 is 37.7. The molecule has 9 heteroatoms. The third-order valence-corrected chi connectivity index (χ3v) is 3.80. The van der Waals surface area contributed by atoms with Crippen molar-refractivity contribution in [2.45, 2.75) is 12.6 Å². The van der Waals surface area contributed by atoms with Crippen LogP contribution in [0.5, 0.6) is 0 Å². The first-order valence-corrected chi connectivity index (χ1v) is 8.53. The highest BCUT2D eigenvalue weighted by atomic mass is 19.4. The second-order valence-electron chi connectivity index (χ2n) is 6.40. The molecule has 1 heterocycles. The van der Waals surface area contributed by atoms with Crippen LogP contribution in [-0.2, 0) is 6.18 Å². The standard InChI is InChI=1S/C19H21F3N4O2/c1-26(2)9-3-8-24-17(27)13-10-14(12-23-11-13)18(28)25-16-6-4-15(5-7-16)19(20,21)22/h4-7,10-12H,3,8-9H2,1-2H3,(H,24,27)(H,25,28). The Morgan fingerprint density at radius 1 is 1.04 bits per heavy atom. The van der Waals surface area contributed by atoms with E-state index in [-0.39, 0.29) is 22.7 Å². The van der Waals surface area contributed by atoms with Gasteiger partial charge in [0.05, 0.1) is 16.7 Å². The molecular formula is C19H21F3N4O2. The highest BCUT2D eigenvalue weighted by molar-refractivity contribution is 6.05. The number of pyridine rings is 1. The smallest absolute Gasteiger partial charge is 0.352 e. The summed E-state index contributed by atoms with van der Waals surface area (Å²) in [7, 11) is 3.87. The lowest BCUT2D eigenvalue weighted by Crippen LogP contribution is -2.27. The van der Waals surface area contributed by atoms with Crippen molar-refractivity contribution in [3.05, 3.63) is 59.4 Å². The zero-order valence-electron chi connectivity index (χ0n) is 15.5. The van der Waals surface area contributed by atoms with E-state index in [0.717, 1.165) is 37.2 Å². The van der Waals surface area contributed by atoms with Gasteiger partial charge in [0.2, 0.25) is 0 Å². The molecule has 0 aliphatic carbocycles. The molecule has 0 bridgehead atoms. The number of benzene rings is 1. The van der Waals surface area contributed by atoms with Gasteiger partial charge in [-0.1, -0.05) is 0 Å². The lowest BCUT2D eigenvalue weighted by atomic mass is 10.1. The molecule has 0 radical (unpaired) electrons. The molecule has 0 aliphatic heterocycles. The van der Waals surface area contributed by atoms with E-state index in [1.807, 2.05) is 19.0 Å². The predicted molar refractivity (Wildman–Crippen MR) is 99.1 cm³/mol. The fourth-order valence-corrected chi connectivity index (χ4v) is 2.33. The van der Waals surface area contributed by atoms with E-state index in [2.05, 4.69) is 15.6 Å². The Morgan fingerprint density at radius 3 is 2.21 bits per heavy atom. The van der Waals surface area contributed by atoms with Gasteiger partial charge < -0.3 is 15.5 Å². The Morgan fingerprint density at radius 2 is 1.64 bits per heavy atom. The monoisotopic (exact) mass is 394 g/mol. The number of hydrogen-bond acceptors (Lipinski definition) is 4. The lowest BCUT2D eigenvalue weighted by Gasteiger charge is -2.10. The van der Waals surface area contributed by atoms with Crippen LogP contribution in [0.3, 0.4) is 0 Å². The molecule has 2 N–H and O–H groups in total. The number of carbonyl (C=O) groups is 2. The second kappa shape index (κ2) is 9.32. The normalized spacial score (nSPS) is 11.4. The van der Waals surface area contributed by atoms with Gasteiger partial charge in [-0.15, -0.1) is 0 Å². The Labute approximate surface area is 160 Å². The SMILES string of the molecule is CN(C)CCCNC(=O)c1cncc(C(=O)Nc2ccc(C(F)(F)F)cc2)c1. The van der Waals surface area contributed by atoms with Crippen LogP contribution in [-0.4, -0.2) is 48.9 Å². The average Bonchev–Trinajstić information content (AvgIpc) is 2.64. The van der Waals surface area contributed by atoms with Crippen molar-refractivity contribution in [2.75, 3.05) is 32.5 Å². The fraction of sp³-hybridized carbons (Fsp3) is 0.316. The fourth-order valence-electron chi connectivity index (χ4n) is 2.33.